The van der Waals surface area contributed by atoms with Crippen LogP contribution in [0.25, 0.3) is 10.2 Å². The van der Waals surface area contributed by atoms with Crippen LogP contribution in [0.1, 0.15) is 43.0 Å². The Morgan fingerprint density at radius 2 is 1.87 bits per heavy atom. The van der Waals surface area contributed by atoms with Gasteiger partial charge in [0.15, 0.2) is 5.13 Å². The van der Waals surface area contributed by atoms with Gasteiger partial charge < -0.3 is 9.64 Å². The summed E-state index contributed by atoms with van der Waals surface area (Å²) in [6.07, 6.45) is 4.21. The first-order valence-electron chi connectivity index (χ1n) is 10.6. The standard InChI is InChI=1S/C24H31N3O2S/c1-4-5-8-17-29-20-12-9-11-19(18-20)23(28)27(16-10-15-26(2)3)24-25-21-13-6-7-14-22(21)30-24/h6-7,9,11-14,18H,4-5,8,10,15-17H2,1-3H3. The molecule has 3 aromatic rings. The molecule has 0 spiro atoms. The molecule has 1 amide bonds. The van der Waals surface area contributed by atoms with Gasteiger partial charge in [0, 0.05) is 12.1 Å². The lowest BCUT2D eigenvalue weighted by Crippen LogP contribution is -2.33. The first-order valence-corrected chi connectivity index (χ1v) is 11.4. The Kier molecular flexibility index (Phi) is 8.22. The Labute approximate surface area is 183 Å². The number of para-hydroxylation sites is 1. The average Bonchev–Trinajstić information content (AvgIpc) is 3.18. The summed E-state index contributed by atoms with van der Waals surface area (Å²) < 4.78 is 6.94. The molecular weight excluding hydrogens is 394 g/mol. The molecule has 5 nitrogen and oxygen atoms in total. The fourth-order valence-corrected chi connectivity index (χ4v) is 4.21. The molecule has 30 heavy (non-hydrogen) atoms. The Bertz CT molecular complexity index is 921. The number of carbonyl (C=O) groups is 1. The molecule has 0 atom stereocenters. The fourth-order valence-electron chi connectivity index (χ4n) is 3.22. The van der Waals surface area contributed by atoms with Crippen molar-refractivity contribution in [3.63, 3.8) is 0 Å². The second-order valence-corrected chi connectivity index (χ2v) is 8.67. The highest BCUT2D eigenvalue weighted by atomic mass is 32.1. The molecular formula is C24H31N3O2S. The first kappa shape index (κ1) is 22.2. The van der Waals surface area contributed by atoms with Crippen molar-refractivity contribution in [2.45, 2.75) is 32.6 Å². The molecule has 160 valence electrons. The number of thiazole rings is 1. The summed E-state index contributed by atoms with van der Waals surface area (Å²) in [6, 6.07) is 15.5. The number of nitrogens with zero attached hydrogens (tertiary/aromatic N) is 3. The third-order valence-electron chi connectivity index (χ3n) is 4.84. The summed E-state index contributed by atoms with van der Waals surface area (Å²) in [7, 11) is 4.09. The van der Waals surface area contributed by atoms with Crippen molar-refractivity contribution in [3.8, 4) is 5.75 Å². The molecule has 0 aliphatic carbocycles. The van der Waals surface area contributed by atoms with Crippen molar-refractivity contribution in [1.82, 2.24) is 9.88 Å². The second kappa shape index (κ2) is 11.1. The van der Waals surface area contributed by atoms with Gasteiger partial charge in [0.2, 0.25) is 0 Å². The first-order chi connectivity index (χ1) is 14.6. The van der Waals surface area contributed by atoms with Gasteiger partial charge in [0.25, 0.3) is 5.91 Å². The second-order valence-electron chi connectivity index (χ2n) is 7.66. The minimum atomic E-state index is -0.0354. The van der Waals surface area contributed by atoms with Crippen molar-refractivity contribution in [2.24, 2.45) is 0 Å². The van der Waals surface area contributed by atoms with Crippen LogP contribution in [0.5, 0.6) is 5.75 Å². The van der Waals surface area contributed by atoms with Gasteiger partial charge in [-0.1, -0.05) is 49.3 Å². The number of aromatic nitrogens is 1. The molecule has 0 fully saturated rings. The van der Waals surface area contributed by atoms with Gasteiger partial charge in [-0.3, -0.25) is 9.69 Å². The van der Waals surface area contributed by atoms with E-state index in [2.05, 4.69) is 11.8 Å². The summed E-state index contributed by atoms with van der Waals surface area (Å²) in [4.78, 5) is 22.1. The van der Waals surface area contributed by atoms with Crippen molar-refractivity contribution in [2.75, 3.05) is 38.7 Å². The maximum absolute atomic E-state index is 13.4. The van der Waals surface area contributed by atoms with Crippen LogP contribution < -0.4 is 9.64 Å². The maximum atomic E-state index is 13.4. The number of carbonyl (C=O) groups excluding carboxylic acids is 1. The summed E-state index contributed by atoms with van der Waals surface area (Å²) in [5, 5.41) is 0.745. The summed E-state index contributed by atoms with van der Waals surface area (Å²) >= 11 is 1.56. The normalized spacial score (nSPS) is 11.2. The lowest BCUT2D eigenvalue weighted by atomic mass is 10.2. The molecule has 0 N–H and O–H groups in total. The van der Waals surface area contributed by atoms with E-state index in [4.69, 9.17) is 9.72 Å². The highest BCUT2D eigenvalue weighted by Crippen LogP contribution is 2.30. The quantitative estimate of drug-likeness (QED) is 0.383. The van der Waals surface area contributed by atoms with Gasteiger partial charge >= 0.3 is 0 Å². The van der Waals surface area contributed by atoms with Crippen LogP contribution >= 0.6 is 11.3 Å². The predicted octanol–water partition coefficient (Wildman–Crippen LogP) is 5.46. The number of hydrogen-bond acceptors (Lipinski definition) is 5. The van der Waals surface area contributed by atoms with E-state index in [0.717, 1.165) is 53.3 Å². The van der Waals surface area contributed by atoms with Crippen LogP contribution in [0.3, 0.4) is 0 Å². The highest BCUT2D eigenvalue weighted by Gasteiger charge is 2.21. The van der Waals surface area contributed by atoms with Crippen molar-refractivity contribution in [3.05, 3.63) is 54.1 Å². The number of benzene rings is 2. The third kappa shape index (κ3) is 6.03. The average molecular weight is 426 g/mol. The molecule has 3 rings (SSSR count). The molecule has 0 saturated carbocycles. The number of rotatable bonds is 11. The number of unbranched alkanes of at least 4 members (excludes halogenated alkanes) is 2. The Morgan fingerprint density at radius 1 is 1.03 bits per heavy atom. The topological polar surface area (TPSA) is 45.7 Å². The van der Waals surface area contributed by atoms with E-state index in [1.165, 1.54) is 0 Å². The van der Waals surface area contributed by atoms with Crippen LogP contribution in [0.4, 0.5) is 5.13 Å². The van der Waals surface area contributed by atoms with Crippen LogP contribution in [0.15, 0.2) is 48.5 Å². The molecule has 1 heterocycles. The van der Waals surface area contributed by atoms with Gasteiger partial charge in [0.05, 0.1) is 16.8 Å². The van der Waals surface area contributed by atoms with Crippen LogP contribution in [0, 0.1) is 0 Å². The van der Waals surface area contributed by atoms with Crippen LogP contribution in [0.2, 0.25) is 0 Å². The van der Waals surface area contributed by atoms with Crippen LogP contribution in [-0.2, 0) is 0 Å². The third-order valence-corrected chi connectivity index (χ3v) is 5.90. The summed E-state index contributed by atoms with van der Waals surface area (Å²) in [5.41, 5.74) is 1.56. The Balaban J connectivity index is 1.80. The van der Waals surface area contributed by atoms with E-state index in [9.17, 15) is 4.79 Å². The molecule has 2 aromatic carbocycles. The predicted molar refractivity (Wildman–Crippen MR) is 126 cm³/mol. The van der Waals surface area contributed by atoms with E-state index in [1.807, 2.05) is 67.5 Å². The van der Waals surface area contributed by atoms with Gasteiger partial charge in [-0.15, -0.1) is 0 Å². The Hall–Kier alpha value is -2.44. The van der Waals surface area contributed by atoms with Crippen molar-refractivity contribution < 1.29 is 9.53 Å². The van der Waals surface area contributed by atoms with Gasteiger partial charge in [-0.25, -0.2) is 4.98 Å². The highest BCUT2D eigenvalue weighted by molar-refractivity contribution is 7.22. The van der Waals surface area contributed by atoms with Crippen molar-refractivity contribution in [1.29, 1.82) is 0 Å². The maximum Gasteiger partial charge on any atom is 0.260 e. The van der Waals surface area contributed by atoms with E-state index < -0.39 is 0 Å². The number of ether oxygens (including phenoxy) is 1. The number of anilines is 1. The van der Waals surface area contributed by atoms with E-state index in [-0.39, 0.29) is 5.91 Å². The molecule has 0 saturated heterocycles. The molecule has 6 heteroatoms. The van der Waals surface area contributed by atoms with E-state index >= 15 is 0 Å². The van der Waals surface area contributed by atoms with Gasteiger partial charge in [-0.2, -0.15) is 0 Å². The number of fused-ring (bicyclic) bond motifs is 1. The van der Waals surface area contributed by atoms with E-state index in [0.29, 0.717) is 18.7 Å². The number of amides is 1. The van der Waals surface area contributed by atoms with Crippen LogP contribution in [-0.4, -0.2) is 49.6 Å². The zero-order chi connectivity index (χ0) is 21.3. The van der Waals surface area contributed by atoms with Gasteiger partial charge in [0.1, 0.15) is 5.75 Å². The SMILES string of the molecule is CCCCCOc1cccc(C(=O)N(CCCN(C)C)c2nc3ccccc3s2)c1. The fraction of sp³-hybridized carbons (Fsp3) is 0.417. The zero-order valence-electron chi connectivity index (χ0n) is 18.1. The molecule has 0 unspecified atom stereocenters. The molecule has 0 aliphatic rings. The Morgan fingerprint density at radius 3 is 2.63 bits per heavy atom. The molecule has 0 bridgehead atoms. The summed E-state index contributed by atoms with van der Waals surface area (Å²) in [5.74, 6) is 0.710. The van der Waals surface area contributed by atoms with Crippen molar-refractivity contribution >= 4 is 32.6 Å². The molecule has 0 aliphatic heterocycles. The van der Waals surface area contributed by atoms with E-state index in [1.54, 1.807) is 11.3 Å². The smallest absolute Gasteiger partial charge is 0.260 e. The lowest BCUT2D eigenvalue weighted by molar-refractivity contribution is 0.0985. The molecule has 0 radical (unpaired) electrons. The minimum Gasteiger partial charge on any atom is -0.494 e. The zero-order valence-corrected chi connectivity index (χ0v) is 19.0. The summed E-state index contributed by atoms with van der Waals surface area (Å²) in [6.45, 7) is 4.38. The monoisotopic (exact) mass is 425 g/mol. The minimum absolute atomic E-state index is 0.0354. The molecule has 1 aromatic heterocycles. The number of hydrogen-bond donors (Lipinski definition) is 0. The lowest BCUT2D eigenvalue weighted by Gasteiger charge is -2.21. The largest absolute Gasteiger partial charge is 0.494 e. The van der Waals surface area contributed by atoms with Gasteiger partial charge in [-0.05, 0) is 63.8 Å².